The zero-order valence-electron chi connectivity index (χ0n) is 11.1. The van der Waals surface area contributed by atoms with Gasteiger partial charge in [-0.3, -0.25) is 4.79 Å². The second kappa shape index (κ2) is 5.80. The molecule has 20 heavy (non-hydrogen) atoms. The van der Waals surface area contributed by atoms with E-state index in [4.69, 9.17) is 0 Å². The van der Waals surface area contributed by atoms with E-state index in [1.165, 1.54) is 5.56 Å². The molecule has 0 unspecified atom stereocenters. The third-order valence-corrected chi connectivity index (χ3v) is 4.54. The summed E-state index contributed by atoms with van der Waals surface area (Å²) in [4.78, 5) is 14.5. The average molecular weight is 330 g/mol. The lowest BCUT2D eigenvalue weighted by atomic mass is 9.99. The highest BCUT2D eigenvalue weighted by Crippen LogP contribution is 2.29. The maximum absolute atomic E-state index is 12.5. The Labute approximate surface area is 127 Å². The first-order chi connectivity index (χ1) is 9.75. The third-order valence-electron chi connectivity index (χ3n) is 3.85. The van der Waals surface area contributed by atoms with Gasteiger partial charge in [-0.25, -0.2) is 0 Å². The summed E-state index contributed by atoms with van der Waals surface area (Å²) in [5.74, 6) is 0.582. The van der Waals surface area contributed by atoms with E-state index >= 15 is 0 Å². The summed E-state index contributed by atoms with van der Waals surface area (Å²) in [5, 5.41) is 0. The van der Waals surface area contributed by atoms with Crippen molar-refractivity contribution in [2.24, 2.45) is 0 Å². The highest BCUT2D eigenvalue weighted by Gasteiger charge is 2.28. The van der Waals surface area contributed by atoms with Gasteiger partial charge in [-0.05, 0) is 40.0 Å². The van der Waals surface area contributed by atoms with E-state index in [1.807, 2.05) is 35.2 Å². The van der Waals surface area contributed by atoms with E-state index in [-0.39, 0.29) is 5.91 Å². The monoisotopic (exact) mass is 329 g/mol. The minimum atomic E-state index is 0.121. The van der Waals surface area contributed by atoms with Gasteiger partial charge < -0.3 is 4.90 Å². The molecule has 2 nitrogen and oxygen atoms in total. The van der Waals surface area contributed by atoms with Crippen LogP contribution in [0, 0.1) is 0 Å². The molecule has 1 amide bonds. The lowest BCUT2D eigenvalue weighted by molar-refractivity contribution is 0.0790. The molecule has 2 aromatic rings. The number of hydrogen-bond donors (Lipinski definition) is 0. The first-order valence-electron chi connectivity index (χ1n) is 6.84. The van der Waals surface area contributed by atoms with Crippen molar-refractivity contribution < 1.29 is 4.79 Å². The molecule has 1 saturated heterocycles. The van der Waals surface area contributed by atoms with Crippen LogP contribution in [-0.2, 0) is 0 Å². The minimum Gasteiger partial charge on any atom is -0.338 e. The predicted octanol–water partition coefficient (Wildman–Crippen LogP) is 4.08. The minimum absolute atomic E-state index is 0.121. The van der Waals surface area contributed by atoms with Crippen LogP contribution in [0.15, 0.2) is 59.1 Å². The zero-order valence-corrected chi connectivity index (χ0v) is 12.7. The maximum atomic E-state index is 12.5. The largest absolute Gasteiger partial charge is 0.338 e. The molecule has 2 aromatic carbocycles. The molecular formula is C17H16BrNO. The molecule has 0 bridgehead atoms. The Morgan fingerprint density at radius 2 is 1.75 bits per heavy atom. The van der Waals surface area contributed by atoms with Gasteiger partial charge in [0.25, 0.3) is 5.91 Å². The van der Waals surface area contributed by atoms with Crippen LogP contribution in [0.2, 0.25) is 0 Å². The number of carbonyl (C=O) groups excluding carboxylic acids is 1. The van der Waals surface area contributed by atoms with Crippen molar-refractivity contribution in [3.63, 3.8) is 0 Å². The van der Waals surface area contributed by atoms with Gasteiger partial charge in [0.05, 0.1) is 5.56 Å². The number of nitrogens with zero attached hydrogens (tertiary/aromatic N) is 1. The summed E-state index contributed by atoms with van der Waals surface area (Å²) in [6, 6.07) is 18.1. The number of carbonyl (C=O) groups is 1. The highest BCUT2D eigenvalue weighted by molar-refractivity contribution is 9.10. The van der Waals surface area contributed by atoms with Gasteiger partial charge in [0, 0.05) is 23.5 Å². The molecule has 0 radical (unpaired) electrons. The molecule has 102 valence electrons. The summed E-state index contributed by atoms with van der Waals surface area (Å²) < 4.78 is 0.869. The van der Waals surface area contributed by atoms with Crippen LogP contribution in [0.25, 0.3) is 0 Å². The first-order valence-corrected chi connectivity index (χ1v) is 7.64. The Morgan fingerprint density at radius 1 is 1.05 bits per heavy atom. The SMILES string of the molecule is O=C(c1ccccc1Br)N1CC[C@@H](c2ccccc2)C1. The summed E-state index contributed by atoms with van der Waals surface area (Å²) >= 11 is 3.46. The quantitative estimate of drug-likeness (QED) is 0.812. The Balaban J connectivity index is 1.75. The predicted molar refractivity (Wildman–Crippen MR) is 83.8 cm³/mol. The molecule has 0 aromatic heterocycles. The standard InChI is InChI=1S/C17H16BrNO/c18-16-9-5-4-8-15(16)17(20)19-11-10-14(12-19)13-6-2-1-3-7-13/h1-9,14H,10-12H2/t14-/m1/s1. The summed E-state index contributed by atoms with van der Waals surface area (Å²) in [5.41, 5.74) is 2.08. The molecule has 1 atom stereocenters. The van der Waals surface area contributed by atoms with Crippen LogP contribution >= 0.6 is 15.9 Å². The number of amides is 1. The maximum Gasteiger partial charge on any atom is 0.255 e. The number of likely N-dealkylation sites (tertiary alicyclic amines) is 1. The topological polar surface area (TPSA) is 20.3 Å². The Bertz CT molecular complexity index is 611. The highest BCUT2D eigenvalue weighted by atomic mass is 79.9. The smallest absolute Gasteiger partial charge is 0.255 e. The second-order valence-corrected chi connectivity index (χ2v) is 5.98. The fraction of sp³-hybridized carbons (Fsp3) is 0.235. The van der Waals surface area contributed by atoms with Crippen molar-refractivity contribution >= 4 is 21.8 Å². The van der Waals surface area contributed by atoms with E-state index in [0.29, 0.717) is 5.92 Å². The van der Waals surface area contributed by atoms with E-state index in [9.17, 15) is 4.79 Å². The molecule has 1 fully saturated rings. The number of hydrogen-bond acceptors (Lipinski definition) is 1. The van der Waals surface area contributed by atoms with Crippen molar-refractivity contribution in [3.05, 3.63) is 70.2 Å². The van der Waals surface area contributed by atoms with E-state index in [2.05, 4.69) is 40.2 Å². The van der Waals surface area contributed by atoms with Crippen LogP contribution in [0.4, 0.5) is 0 Å². The van der Waals surface area contributed by atoms with Gasteiger partial charge in [0.2, 0.25) is 0 Å². The Morgan fingerprint density at radius 3 is 2.50 bits per heavy atom. The van der Waals surface area contributed by atoms with E-state index in [1.54, 1.807) is 0 Å². The fourth-order valence-electron chi connectivity index (χ4n) is 2.75. The third kappa shape index (κ3) is 2.63. The van der Waals surface area contributed by atoms with Crippen LogP contribution in [0.5, 0.6) is 0 Å². The molecule has 0 saturated carbocycles. The van der Waals surface area contributed by atoms with Crippen molar-refractivity contribution in [2.75, 3.05) is 13.1 Å². The van der Waals surface area contributed by atoms with Gasteiger partial charge in [-0.1, -0.05) is 42.5 Å². The molecule has 1 aliphatic rings. The van der Waals surface area contributed by atoms with Crippen molar-refractivity contribution in [1.29, 1.82) is 0 Å². The van der Waals surface area contributed by atoms with Gasteiger partial charge in [-0.2, -0.15) is 0 Å². The lowest BCUT2D eigenvalue weighted by Crippen LogP contribution is -2.28. The van der Waals surface area contributed by atoms with Crippen LogP contribution < -0.4 is 0 Å². The normalized spacial score (nSPS) is 18.2. The van der Waals surface area contributed by atoms with Gasteiger partial charge >= 0.3 is 0 Å². The molecule has 3 rings (SSSR count). The first kappa shape index (κ1) is 13.4. The number of rotatable bonds is 2. The van der Waals surface area contributed by atoms with Gasteiger partial charge in [0.15, 0.2) is 0 Å². The molecule has 1 heterocycles. The van der Waals surface area contributed by atoms with Crippen LogP contribution in [-0.4, -0.2) is 23.9 Å². The van der Waals surface area contributed by atoms with Crippen molar-refractivity contribution in [2.45, 2.75) is 12.3 Å². The Kier molecular flexibility index (Phi) is 3.88. The molecule has 3 heteroatoms. The van der Waals surface area contributed by atoms with Gasteiger partial charge in [0.1, 0.15) is 0 Å². The lowest BCUT2D eigenvalue weighted by Gasteiger charge is -2.17. The van der Waals surface area contributed by atoms with Gasteiger partial charge in [-0.15, -0.1) is 0 Å². The molecule has 0 spiro atoms. The van der Waals surface area contributed by atoms with Crippen molar-refractivity contribution in [3.8, 4) is 0 Å². The summed E-state index contributed by atoms with van der Waals surface area (Å²) in [6.07, 6.45) is 1.04. The van der Waals surface area contributed by atoms with Crippen LogP contribution in [0.1, 0.15) is 28.3 Å². The average Bonchev–Trinajstić information content (AvgIpc) is 2.98. The molecule has 0 N–H and O–H groups in total. The zero-order chi connectivity index (χ0) is 13.9. The molecular weight excluding hydrogens is 314 g/mol. The fourth-order valence-corrected chi connectivity index (χ4v) is 3.20. The second-order valence-electron chi connectivity index (χ2n) is 5.13. The molecule has 1 aliphatic heterocycles. The number of halogens is 1. The summed E-state index contributed by atoms with van der Waals surface area (Å²) in [7, 11) is 0. The van der Waals surface area contributed by atoms with E-state index < -0.39 is 0 Å². The van der Waals surface area contributed by atoms with Crippen LogP contribution in [0.3, 0.4) is 0 Å². The number of benzene rings is 2. The van der Waals surface area contributed by atoms with E-state index in [0.717, 1.165) is 29.5 Å². The van der Waals surface area contributed by atoms with Crippen molar-refractivity contribution in [1.82, 2.24) is 4.90 Å². The molecule has 0 aliphatic carbocycles. The summed E-state index contributed by atoms with van der Waals surface area (Å²) in [6.45, 7) is 1.64. The Hall–Kier alpha value is -1.61.